The van der Waals surface area contributed by atoms with Crippen molar-refractivity contribution in [3.63, 3.8) is 0 Å². The van der Waals surface area contributed by atoms with E-state index in [4.69, 9.17) is 11.6 Å². The van der Waals surface area contributed by atoms with Crippen LogP contribution in [0, 0.1) is 5.82 Å². The third-order valence-electron chi connectivity index (χ3n) is 3.99. The lowest BCUT2D eigenvalue weighted by Crippen LogP contribution is -2.38. The molecule has 25 heavy (non-hydrogen) atoms. The molecule has 0 saturated carbocycles. The number of nitrogens with zero attached hydrogens (tertiary/aromatic N) is 3. The van der Waals surface area contributed by atoms with Crippen LogP contribution < -0.4 is 0 Å². The minimum Gasteiger partial charge on any atom is -0.417 e. The van der Waals surface area contributed by atoms with Crippen LogP contribution >= 0.6 is 11.6 Å². The van der Waals surface area contributed by atoms with E-state index in [9.17, 15) is 22.4 Å². The lowest BCUT2D eigenvalue weighted by molar-refractivity contribution is -0.157. The summed E-state index contributed by atoms with van der Waals surface area (Å²) in [4.78, 5) is 13.8. The molecular weight excluding hydrogens is 366 g/mol. The fourth-order valence-electron chi connectivity index (χ4n) is 2.70. The zero-order valence-electron chi connectivity index (χ0n) is 12.7. The number of carbonyl (C=O) groups is 1. The molecule has 3 rings (SSSR count). The standard InChI is InChI=1S/C15H12ClF4N3O2/c16-9-2-1-3-10(17)11(9)13(24)23-6-4-8(5-7-23)12-21-22-14(25-12)15(18,19)20/h1-3,8H,4-7H2. The predicted molar refractivity (Wildman–Crippen MR) is 78.6 cm³/mol. The van der Waals surface area contributed by atoms with Gasteiger partial charge in [0.25, 0.3) is 5.91 Å². The summed E-state index contributed by atoms with van der Waals surface area (Å²) in [6.07, 6.45) is -4.03. The number of alkyl halides is 3. The van der Waals surface area contributed by atoms with E-state index >= 15 is 0 Å². The average molecular weight is 378 g/mol. The van der Waals surface area contributed by atoms with Gasteiger partial charge in [0.15, 0.2) is 0 Å². The zero-order valence-corrected chi connectivity index (χ0v) is 13.4. The maximum atomic E-state index is 13.8. The van der Waals surface area contributed by atoms with Gasteiger partial charge in [0.1, 0.15) is 5.82 Å². The summed E-state index contributed by atoms with van der Waals surface area (Å²) in [5.74, 6) is -3.15. The van der Waals surface area contributed by atoms with E-state index in [1.807, 2.05) is 0 Å². The third kappa shape index (κ3) is 3.60. The minimum absolute atomic E-state index is 0.0128. The molecule has 134 valence electrons. The number of amides is 1. The summed E-state index contributed by atoms with van der Waals surface area (Å²) in [6.45, 7) is 0.440. The van der Waals surface area contributed by atoms with Crippen molar-refractivity contribution in [2.75, 3.05) is 13.1 Å². The molecule has 1 aliphatic rings. The van der Waals surface area contributed by atoms with E-state index in [1.54, 1.807) is 0 Å². The Morgan fingerprint density at radius 1 is 1.24 bits per heavy atom. The molecule has 0 unspecified atom stereocenters. The first-order valence-corrected chi connectivity index (χ1v) is 7.79. The topological polar surface area (TPSA) is 59.2 Å². The maximum absolute atomic E-state index is 13.8. The first-order chi connectivity index (χ1) is 11.8. The van der Waals surface area contributed by atoms with Gasteiger partial charge in [0.2, 0.25) is 5.89 Å². The van der Waals surface area contributed by atoms with E-state index in [-0.39, 0.29) is 35.5 Å². The van der Waals surface area contributed by atoms with Gasteiger partial charge < -0.3 is 9.32 Å². The Hall–Kier alpha value is -2.16. The molecule has 0 bridgehead atoms. The highest BCUT2D eigenvalue weighted by Gasteiger charge is 2.39. The lowest BCUT2D eigenvalue weighted by atomic mass is 9.96. The van der Waals surface area contributed by atoms with Crippen LogP contribution in [-0.4, -0.2) is 34.1 Å². The Morgan fingerprint density at radius 2 is 1.92 bits per heavy atom. The summed E-state index contributed by atoms with van der Waals surface area (Å²) in [7, 11) is 0. The zero-order chi connectivity index (χ0) is 18.2. The number of halogens is 5. The number of likely N-dealkylation sites (tertiary alicyclic amines) is 1. The van der Waals surface area contributed by atoms with Gasteiger partial charge in [-0.05, 0) is 25.0 Å². The van der Waals surface area contributed by atoms with Crippen molar-refractivity contribution in [1.82, 2.24) is 15.1 Å². The van der Waals surface area contributed by atoms with Crippen LogP contribution in [0.5, 0.6) is 0 Å². The van der Waals surface area contributed by atoms with Gasteiger partial charge in [-0.15, -0.1) is 10.2 Å². The summed E-state index contributed by atoms with van der Waals surface area (Å²) >= 11 is 5.89. The molecule has 10 heteroatoms. The number of benzene rings is 1. The normalized spacial score (nSPS) is 16.3. The summed E-state index contributed by atoms with van der Waals surface area (Å²) in [6, 6.07) is 3.96. The second-order valence-electron chi connectivity index (χ2n) is 5.61. The van der Waals surface area contributed by atoms with E-state index in [2.05, 4.69) is 14.6 Å². The van der Waals surface area contributed by atoms with Crippen molar-refractivity contribution in [1.29, 1.82) is 0 Å². The second-order valence-corrected chi connectivity index (χ2v) is 6.01. The van der Waals surface area contributed by atoms with E-state index in [1.165, 1.54) is 17.0 Å². The number of piperidine rings is 1. The molecule has 1 saturated heterocycles. The van der Waals surface area contributed by atoms with Gasteiger partial charge in [0, 0.05) is 19.0 Å². The highest BCUT2D eigenvalue weighted by molar-refractivity contribution is 6.33. The molecule has 0 N–H and O–H groups in total. The van der Waals surface area contributed by atoms with Gasteiger partial charge in [-0.1, -0.05) is 17.7 Å². The highest BCUT2D eigenvalue weighted by Crippen LogP contribution is 2.33. The summed E-state index contributed by atoms with van der Waals surface area (Å²) < 4.78 is 56.0. The molecule has 0 atom stereocenters. The van der Waals surface area contributed by atoms with Crippen LogP contribution in [0.4, 0.5) is 17.6 Å². The summed E-state index contributed by atoms with van der Waals surface area (Å²) in [5.41, 5.74) is -0.209. The van der Waals surface area contributed by atoms with Crippen molar-refractivity contribution in [2.24, 2.45) is 0 Å². The molecule has 1 aromatic heterocycles. The van der Waals surface area contributed by atoms with Gasteiger partial charge in [0.05, 0.1) is 10.6 Å². The number of aromatic nitrogens is 2. The minimum atomic E-state index is -4.69. The van der Waals surface area contributed by atoms with Gasteiger partial charge in [-0.25, -0.2) is 4.39 Å². The number of hydrogen-bond acceptors (Lipinski definition) is 4. The van der Waals surface area contributed by atoms with Crippen molar-refractivity contribution in [2.45, 2.75) is 24.9 Å². The molecule has 5 nitrogen and oxygen atoms in total. The Morgan fingerprint density at radius 3 is 2.48 bits per heavy atom. The van der Waals surface area contributed by atoms with E-state index in [0.29, 0.717) is 12.8 Å². The van der Waals surface area contributed by atoms with Crippen molar-refractivity contribution in [3.8, 4) is 0 Å². The quantitative estimate of drug-likeness (QED) is 0.745. The SMILES string of the molecule is O=C(c1c(F)cccc1Cl)N1CCC(c2nnc(C(F)(F)F)o2)CC1. The molecule has 2 aromatic rings. The van der Waals surface area contributed by atoms with Crippen LogP contribution in [0.3, 0.4) is 0 Å². The molecule has 0 radical (unpaired) electrons. The first-order valence-electron chi connectivity index (χ1n) is 7.41. The molecule has 1 aliphatic heterocycles. The van der Waals surface area contributed by atoms with E-state index < -0.39 is 23.8 Å². The van der Waals surface area contributed by atoms with Crippen LogP contribution in [0.25, 0.3) is 0 Å². The van der Waals surface area contributed by atoms with Gasteiger partial charge >= 0.3 is 12.1 Å². The second kappa shape index (κ2) is 6.62. The van der Waals surface area contributed by atoms with Gasteiger partial charge in [-0.2, -0.15) is 13.2 Å². The van der Waals surface area contributed by atoms with Crippen LogP contribution in [0.15, 0.2) is 22.6 Å². The van der Waals surface area contributed by atoms with Crippen molar-refractivity contribution < 1.29 is 26.8 Å². The predicted octanol–water partition coefficient (Wildman–Crippen LogP) is 3.90. The molecule has 0 spiro atoms. The molecule has 0 aliphatic carbocycles. The molecule has 1 amide bonds. The smallest absolute Gasteiger partial charge is 0.417 e. The Labute approximate surface area is 144 Å². The van der Waals surface area contributed by atoms with Crippen molar-refractivity contribution in [3.05, 3.63) is 46.4 Å². The van der Waals surface area contributed by atoms with Crippen LogP contribution in [-0.2, 0) is 6.18 Å². The molecule has 2 heterocycles. The maximum Gasteiger partial charge on any atom is 0.470 e. The Bertz CT molecular complexity index is 765. The number of carbonyl (C=O) groups excluding carboxylic acids is 1. The lowest BCUT2D eigenvalue weighted by Gasteiger charge is -2.30. The van der Waals surface area contributed by atoms with Crippen LogP contribution in [0.1, 0.15) is 40.9 Å². The largest absolute Gasteiger partial charge is 0.470 e. The van der Waals surface area contributed by atoms with Crippen molar-refractivity contribution >= 4 is 17.5 Å². The fourth-order valence-corrected chi connectivity index (χ4v) is 2.95. The molecular formula is C15H12ClF4N3O2. The number of hydrogen-bond donors (Lipinski definition) is 0. The Balaban J connectivity index is 1.68. The average Bonchev–Trinajstić information content (AvgIpc) is 3.05. The number of rotatable bonds is 2. The molecule has 1 aromatic carbocycles. The first kappa shape index (κ1) is 17.7. The van der Waals surface area contributed by atoms with Crippen LogP contribution in [0.2, 0.25) is 5.02 Å². The van der Waals surface area contributed by atoms with Gasteiger partial charge in [-0.3, -0.25) is 4.79 Å². The monoisotopic (exact) mass is 377 g/mol. The molecule has 1 fully saturated rings. The Kier molecular flexibility index (Phi) is 4.68. The highest BCUT2D eigenvalue weighted by atomic mass is 35.5. The third-order valence-corrected chi connectivity index (χ3v) is 4.31. The summed E-state index contributed by atoms with van der Waals surface area (Å²) in [5, 5.41) is 6.45. The fraction of sp³-hybridized carbons (Fsp3) is 0.400. The van der Waals surface area contributed by atoms with E-state index in [0.717, 1.165) is 6.07 Å².